The fourth-order valence-corrected chi connectivity index (χ4v) is 1.57. The third-order valence-corrected chi connectivity index (χ3v) is 2.53. The van der Waals surface area contributed by atoms with Crippen LogP contribution in [0, 0.1) is 5.41 Å². The molecule has 0 radical (unpaired) electrons. The summed E-state index contributed by atoms with van der Waals surface area (Å²) in [7, 11) is 0. The molecule has 20 heavy (non-hydrogen) atoms. The van der Waals surface area contributed by atoms with Crippen molar-refractivity contribution in [3.05, 3.63) is 33.1 Å². The largest absolute Gasteiger partial charge is 0.347 e. The van der Waals surface area contributed by atoms with Crippen molar-refractivity contribution in [2.75, 3.05) is 5.43 Å². The van der Waals surface area contributed by atoms with Crippen molar-refractivity contribution in [1.29, 1.82) is 0 Å². The Bertz CT molecular complexity index is 623. The maximum Gasteiger partial charge on any atom is 0.347 e. The Morgan fingerprint density at radius 3 is 2.35 bits per heavy atom. The number of carbonyl (C=O) groups excluding carboxylic acids is 2. The van der Waals surface area contributed by atoms with E-state index in [1.807, 2.05) is 4.98 Å². The number of nitrogens with zero attached hydrogens (tertiary/aromatic N) is 1. The van der Waals surface area contributed by atoms with Gasteiger partial charge >= 0.3 is 5.69 Å². The Hall–Kier alpha value is -2.38. The van der Waals surface area contributed by atoms with Crippen LogP contribution in [0.3, 0.4) is 0 Å². The van der Waals surface area contributed by atoms with E-state index in [4.69, 9.17) is 0 Å². The Morgan fingerprint density at radius 1 is 1.30 bits per heavy atom. The van der Waals surface area contributed by atoms with E-state index < -0.39 is 28.6 Å². The highest BCUT2D eigenvalue weighted by Gasteiger charge is 2.32. The molecule has 2 amide bonds. The van der Waals surface area contributed by atoms with Gasteiger partial charge in [0.1, 0.15) is 6.04 Å². The van der Waals surface area contributed by atoms with Crippen LogP contribution in [0.25, 0.3) is 0 Å². The molecule has 1 aromatic rings. The Morgan fingerprint density at radius 2 is 1.90 bits per heavy atom. The van der Waals surface area contributed by atoms with E-state index in [0.29, 0.717) is 0 Å². The van der Waals surface area contributed by atoms with E-state index in [1.54, 1.807) is 20.8 Å². The monoisotopic (exact) mass is 282 g/mol. The lowest BCUT2D eigenvalue weighted by atomic mass is 9.86. The molecule has 0 aliphatic carbocycles. The summed E-state index contributed by atoms with van der Waals surface area (Å²) in [5, 5.41) is 2.53. The number of nitrogens with one attached hydrogen (secondary N) is 3. The minimum Gasteiger partial charge on any atom is -0.344 e. The van der Waals surface area contributed by atoms with Crippen LogP contribution in [0.4, 0.5) is 0 Å². The third-order valence-electron chi connectivity index (χ3n) is 2.53. The van der Waals surface area contributed by atoms with Crippen molar-refractivity contribution in [2.45, 2.75) is 33.7 Å². The molecule has 0 fully saturated rings. The number of aromatic nitrogens is 2. The van der Waals surface area contributed by atoms with Crippen LogP contribution < -0.4 is 22.0 Å². The van der Waals surface area contributed by atoms with Gasteiger partial charge < -0.3 is 5.32 Å². The second-order valence-electron chi connectivity index (χ2n) is 5.46. The second kappa shape index (κ2) is 5.72. The lowest BCUT2D eigenvalue weighted by Crippen LogP contribution is -2.53. The molecule has 1 aromatic heterocycles. The van der Waals surface area contributed by atoms with E-state index in [0.717, 1.165) is 16.9 Å². The first-order chi connectivity index (χ1) is 9.11. The molecular weight excluding hydrogens is 264 g/mol. The maximum absolute atomic E-state index is 12.2. The fourth-order valence-electron chi connectivity index (χ4n) is 1.57. The van der Waals surface area contributed by atoms with E-state index in [9.17, 15) is 19.2 Å². The summed E-state index contributed by atoms with van der Waals surface area (Å²) >= 11 is 0. The highest BCUT2D eigenvalue weighted by atomic mass is 16.2. The Labute approximate surface area is 115 Å². The molecular formula is C12H18N4O4. The minimum absolute atomic E-state index is 0.353. The maximum atomic E-state index is 12.2. The number of hydrogen-bond donors (Lipinski definition) is 3. The number of H-pyrrole nitrogens is 1. The molecule has 0 bridgehead atoms. The summed E-state index contributed by atoms with van der Waals surface area (Å²) < 4.78 is 0.851. The molecule has 3 N–H and O–H groups in total. The van der Waals surface area contributed by atoms with Gasteiger partial charge in [-0.25, -0.2) is 9.47 Å². The van der Waals surface area contributed by atoms with Crippen LogP contribution in [0.5, 0.6) is 0 Å². The molecule has 0 saturated carbocycles. The lowest BCUT2D eigenvalue weighted by molar-refractivity contribution is -0.128. The van der Waals surface area contributed by atoms with E-state index >= 15 is 0 Å². The topological polar surface area (TPSA) is 113 Å². The molecule has 110 valence electrons. The summed E-state index contributed by atoms with van der Waals surface area (Å²) in [5.41, 5.74) is 0.467. The third kappa shape index (κ3) is 4.08. The summed E-state index contributed by atoms with van der Waals surface area (Å²) in [5.74, 6) is -0.907. The van der Waals surface area contributed by atoms with Gasteiger partial charge in [0.2, 0.25) is 5.91 Å². The van der Waals surface area contributed by atoms with Crippen LogP contribution in [0.2, 0.25) is 0 Å². The van der Waals surface area contributed by atoms with E-state index in [1.165, 1.54) is 6.92 Å². The lowest BCUT2D eigenvalue weighted by Gasteiger charge is -2.29. The van der Waals surface area contributed by atoms with Crippen LogP contribution in [0.1, 0.15) is 27.7 Å². The van der Waals surface area contributed by atoms with Crippen LogP contribution in [-0.2, 0) is 9.59 Å². The zero-order chi connectivity index (χ0) is 15.5. The molecule has 0 aliphatic heterocycles. The van der Waals surface area contributed by atoms with Crippen molar-refractivity contribution < 1.29 is 9.59 Å². The van der Waals surface area contributed by atoms with E-state index in [2.05, 4.69) is 10.7 Å². The normalized spacial score (nSPS) is 12.6. The Kier molecular flexibility index (Phi) is 4.49. The molecule has 8 heteroatoms. The molecule has 0 aromatic carbocycles. The van der Waals surface area contributed by atoms with Crippen molar-refractivity contribution in [1.82, 2.24) is 15.0 Å². The molecule has 0 spiro atoms. The van der Waals surface area contributed by atoms with Gasteiger partial charge in [-0.15, -0.1) is 0 Å². The first kappa shape index (κ1) is 15.7. The highest BCUT2D eigenvalue weighted by molar-refractivity contribution is 5.92. The Balaban J connectivity index is 2.99. The fraction of sp³-hybridized carbons (Fsp3) is 0.500. The van der Waals surface area contributed by atoms with Gasteiger partial charge in [-0.1, -0.05) is 20.8 Å². The second-order valence-corrected chi connectivity index (χ2v) is 5.46. The van der Waals surface area contributed by atoms with Gasteiger partial charge in [0.25, 0.3) is 11.5 Å². The molecule has 0 aliphatic rings. The molecule has 1 heterocycles. The molecule has 1 atom stereocenters. The van der Waals surface area contributed by atoms with Gasteiger partial charge in [-0.3, -0.25) is 24.8 Å². The molecule has 0 unspecified atom stereocenters. The molecule has 1 rings (SSSR count). The highest BCUT2D eigenvalue weighted by Crippen LogP contribution is 2.19. The molecule has 8 nitrogen and oxygen atoms in total. The number of rotatable bonds is 3. The summed E-state index contributed by atoms with van der Waals surface area (Å²) in [6, 6.07) is 0.283. The smallest absolute Gasteiger partial charge is 0.344 e. The van der Waals surface area contributed by atoms with Crippen LogP contribution >= 0.6 is 0 Å². The standard InChI is InChI=1S/C12H18N4O4/c1-7(17)13-9(12(2,3)4)10(19)15-16-6-5-8(18)14-11(16)20/h5-6,9H,1-4H3,(H,13,17)(H,15,19)(H,14,18,20)/t9-/m0/s1. The number of amides is 2. The van der Waals surface area contributed by atoms with Crippen molar-refractivity contribution in [3.63, 3.8) is 0 Å². The van der Waals surface area contributed by atoms with Gasteiger partial charge in [0.05, 0.1) is 0 Å². The zero-order valence-corrected chi connectivity index (χ0v) is 11.8. The van der Waals surface area contributed by atoms with Crippen molar-refractivity contribution >= 4 is 11.8 Å². The summed E-state index contributed by atoms with van der Waals surface area (Å²) in [6.45, 7) is 6.65. The predicted octanol–water partition coefficient (Wildman–Crippen LogP) is -0.842. The average Bonchev–Trinajstić information content (AvgIpc) is 2.28. The van der Waals surface area contributed by atoms with Crippen molar-refractivity contribution in [3.8, 4) is 0 Å². The number of hydrogen-bond acceptors (Lipinski definition) is 4. The molecule has 0 saturated heterocycles. The van der Waals surface area contributed by atoms with Gasteiger partial charge in [0, 0.05) is 19.2 Å². The number of aromatic amines is 1. The predicted molar refractivity (Wildman–Crippen MR) is 72.8 cm³/mol. The average molecular weight is 282 g/mol. The quantitative estimate of drug-likeness (QED) is 0.670. The number of carbonyl (C=O) groups is 2. The first-order valence-electron chi connectivity index (χ1n) is 6.01. The van der Waals surface area contributed by atoms with Gasteiger partial charge in [0.15, 0.2) is 0 Å². The minimum atomic E-state index is -0.821. The SMILES string of the molecule is CC(=O)N[C@@H](C(=O)Nn1ccc(=O)[nH]c1=O)C(C)(C)C. The summed E-state index contributed by atoms with van der Waals surface area (Å²) in [6.07, 6.45) is 1.15. The van der Waals surface area contributed by atoms with Gasteiger partial charge in [-0.05, 0) is 5.41 Å². The zero-order valence-electron chi connectivity index (χ0n) is 11.8. The summed E-state index contributed by atoms with van der Waals surface area (Å²) in [4.78, 5) is 47.7. The first-order valence-corrected chi connectivity index (χ1v) is 6.01. The van der Waals surface area contributed by atoms with E-state index in [-0.39, 0.29) is 5.91 Å². The van der Waals surface area contributed by atoms with Crippen LogP contribution in [0.15, 0.2) is 21.9 Å². The van der Waals surface area contributed by atoms with Crippen LogP contribution in [-0.4, -0.2) is 27.5 Å². The van der Waals surface area contributed by atoms with Crippen molar-refractivity contribution in [2.24, 2.45) is 5.41 Å². The van der Waals surface area contributed by atoms with Gasteiger partial charge in [-0.2, -0.15) is 0 Å².